The summed E-state index contributed by atoms with van der Waals surface area (Å²) in [7, 11) is 0. The van der Waals surface area contributed by atoms with Crippen molar-refractivity contribution in [2.45, 2.75) is 30.2 Å². The number of halogens is 1. The van der Waals surface area contributed by atoms with Crippen LogP contribution in [0.25, 0.3) is 21.8 Å². The molecule has 0 amide bonds. The summed E-state index contributed by atoms with van der Waals surface area (Å²) < 4.78 is 5.98. The van der Waals surface area contributed by atoms with Crippen LogP contribution in [0, 0.1) is 0 Å². The van der Waals surface area contributed by atoms with Crippen molar-refractivity contribution in [3.63, 3.8) is 0 Å². The van der Waals surface area contributed by atoms with Crippen LogP contribution >= 0.6 is 15.9 Å². The molecule has 3 aromatic rings. The summed E-state index contributed by atoms with van der Waals surface area (Å²) in [5.41, 5.74) is 3.58. The largest absolute Gasteiger partial charge is 0.374 e. The van der Waals surface area contributed by atoms with Gasteiger partial charge in [-0.3, -0.25) is 0 Å². The molecule has 0 bridgehead atoms. The lowest BCUT2D eigenvalue weighted by Gasteiger charge is -2.29. The molecule has 0 aliphatic carbocycles. The summed E-state index contributed by atoms with van der Waals surface area (Å²) in [5.74, 6) is 0. The fourth-order valence-corrected chi connectivity index (χ4v) is 4.02. The van der Waals surface area contributed by atoms with Gasteiger partial charge in [-0.15, -0.1) is 0 Å². The summed E-state index contributed by atoms with van der Waals surface area (Å²) >= 11 is 3.87. The molecule has 1 aliphatic rings. The summed E-state index contributed by atoms with van der Waals surface area (Å²) in [6, 6.07) is 15.1. The number of alkyl halides is 1. The molecule has 1 aliphatic heterocycles. The van der Waals surface area contributed by atoms with Crippen molar-refractivity contribution in [2.75, 3.05) is 6.61 Å². The highest BCUT2D eigenvalue weighted by Crippen LogP contribution is 2.44. The summed E-state index contributed by atoms with van der Waals surface area (Å²) in [4.78, 5) is 3.70. The van der Waals surface area contributed by atoms with E-state index in [1.54, 1.807) is 0 Å². The van der Waals surface area contributed by atoms with Crippen LogP contribution in [-0.4, -0.2) is 17.2 Å². The molecular weight excluding hydrogens is 326 g/mol. The highest BCUT2D eigenvalue weighted by atomic mass is 79.9. The van der Waals surface area contributed by atoms with Gasteiger partial charge in [-0.1, -0.05) is 40.2 Å². The summed E-state index contributed by atoms with van der Waals surface area (Å²) in [6.45, 7) is 3.08. The van der Waals surface area contributed by atoms with Gasteiger partial charge in [0.25, 0.3) is 0 Å². The van der Waals surface area contributed by atoms with Crippen LogP contribution in [0.3, 0.4) is 0 Å². The van der Waals surface area contributed by atoms with Gasteiger partial charge in [0.15, 0.2) is 0 Å². The van der Waals surface area contributed by atoms with Gasteiger partial charge in [0.05, 0.1) is 10.4 Å². The van der Waals surface area contributed by atoms with Crippen molar-refractivity contribution in [3.8, 4) is 0 Å². The molecule has 3 heteroatoms. The van der Waals surface area contributed by atoms with Crippen LogP contribution in [0.1, 0.15) is 30.2 Å². The quantitative estimate of drug-likeness (QED) is 0.625. The number of rotatable bonds is 2. The number of aromatic amines is 1. The van der Waals surface area contributed by atoms with Gasteiger partial charge >= 0.3 is 0 Å². The highest BCUT2D eigenvalue weighted by Gasteiger charge is 2.37. The van der Waals surface area contributed by atoms with Crippen molar-refractivity contribution in [1.82, 2.24) is 4.98 Å². The van der Waals surface area contributed by atoms with Gasteiger partial charge in [0.1, 0.15) is 0 Å². The molecule has 1 saturated heterocycles. The Bertz CT molecular complexity index is 801. The van der Waals surface area contributed by atoms with Crippen molar-refractivity contribution in [3.05, 3.63) is 48.0 Å². The van der Waals surface area contributed by atoms with E-state index < -0.39 is 0 Å². The van der Waals surface area contributed by atoms with E-state index in [4.69, 9.17) is 4.74 Å². The topological polar surface area (TPSA) is 25.0 Å². The number of hydrogen-bond acceptors (Lipinski definition) is 1. The molecule has 2 aromatic carbocycles. The standard InChI is InChI=1S/C18H18BrNO/c1-18(9-4-10-21-18)17(19)12-7-8-16-14(11-12)13-5-2-3-6-15(13)20-16/h2-3,5-8,11,17,20H,4,9-10H2,1H3. The minimum Gasteiger partial charge on any atom is -0.374 e. The van der Waals surface area contributed by atoms with Gasteiger partial charge in [0.2, 0.25) is 0 Å². The fourth-order valence-electron chi connectivity index (χ4n) is 3.38. The van der Waals surface area contributed by atoms with E-state index in [1.165, 1.54) is 27.4 Å². The van der Waals surface area contributed by atoms with Crippen molar-refractivity contribution < 1.29 is 4.74 Å². The number of nitrogens with one attached hydrogen (secondary N) is 1. The molecule has 1 aromatic heterocycles. The fraction of sp³-hybridized carbons (Fsp3) is 0.333. The molecule has 4 rings (SSSR count). The lowest BCUT2D eigenvalue weighted by molar-refractivity contribution is 0.0198. The maximum Gasteiger partial charge on any atom is 0.0820 e. The normalized spacial score (nSPS) is 23.9. The molecule has 21 heavy (non-hydrogen) atoms. The van der Waals surface area contributed by atoms with E-state index in [-0.39, 0.29) is 10.4 Å². The van der Waals surface area contributed by atoms with Gasteiger partial charge in [0, 0.05) is 28.4 Å². The van der Waals surface area contributed by atoms with E-state index in [2.05, 4.69) is 70.3 Å². The summed E-state index contributed by atoms with van der Waals surface area (Å²) in [5, 5.41) is 2.57. The summed E-state index contributed by atoms with van der Waals surface area (Å²) in [6.07, 6.45) is 2.25. The zero-order valence-electron chi connectivity index (χ0n) is 12.0. The molecule has 2 nitrogen and oxygen atoms in total. The van der Waals surface area contributed by atoms with Crippen LogP contribution in [0.2, 0.25) is 0 Å². The van der Waals surface area contributed by atoms with E-state index in [0.717, 1.165) is 19.4 Å². The first kappa shape index (κ1) is 13.4. The van der Waals surface area contributed by atoms with Crippen LogP contribution in [0.4, 0.5) is 0 Å². The van der Waals surface area contributed by atoms with Crippen molar-refractivity contribution in [1.29, 1.82) is 0 Å². The number of H-pyrrole nitrogens is 1. The first-order chi connectivity index (χ1) is 10.2. The molecule has 2 atom stereocenters. The molecular formula is C18H18BrNO. The van der Waals surface area contributed by atoms with Gasteiger partial charge in [-0.25, -0.2) is 0 Å². The number of para-hydroxylation sites is 1. The number of aromatic nitrogens is 1. The predicted molar refractivity (Wildman–Crippen MR) is 91.1 cm³/mol. The second-order valence-corrected chi connectivity index (χ2v) is 7.02. The third-order valence-electron chi connectivity index (χ3n) is 4.61. The Hall–Kier alpha value is -1.32. The van der Waals surface area contributed by atoms with Crippen LogP contribution in [-0.2, 0) is 4.74 Å². The molecule has 0 radical (unpaired) electrons. The van der Waals surface area contributed by atoms with Crippen molar-refractivity contribution >= 4 is 37.7 Å². The first-order valence-corrected chi connectivity index (χ1v) is 8.37. The zero-order valence-corrected chi connectivity index (χ0v) is 13.6. The van der Waals surface area contributed by atoms with Crippen LogP contribution < -0.4 is 0 Å². The first-order valence-electron chi connectivity index (χ1n) is 7.46. The SMILES string of the molecule is CC1(C(Br)c2ccc3[nH]c4ccccc4c3c2)CCCO1. The van der Waals surface area contributed by atoms with Crippen molar-refractivity contribution in [2.24, 2.45) is 0 Å². The Morgan fingerprint density at radius 3 is 2.76 bits per heavy atom. The third kappa shape index (κ3) is 2.11. The number of fused-ring (bicyclic) bond motifs is 3. The van der Waals surface area contributed by atoms with E-state index in [1.807, 2.05) is 0 Å². The molecule has 2 heterocycles. The number of hydrogen-bond donors (Lipinski definition) is 1. The van der Waals surface area contributed by atoms with E-state index in [9.17, 15) is 0 Å². The Labute approximate surface area is 132 Å². The van der Waals surface area contributed by atoms with Gasteiger partial charge in [-0.2, -0.15) is 0 Å². The highest BCUT2D eigenvalue weighted by molar-refractivity contribution is 9.09. The van der Waals surface area contributed by atoms with E-state index in [0.29, 0.717) is 0 Å². The smallest absolute Gasteiger partial charge is 0.0820 e. The average molecular weight is 344 g/mol. The Balaban J connectivity index is 1.84. The second kappa shape index (κ2) is 4.85. The average Bonchev–Trinajstić information content (AvgIpc) is 3.10. The van der Waals surface area contributed by atoms with Crippen LogP contribution in [0.5, 0.6) is 0 Å². The Morgan fingerprint density at radius 1 is 1.14 bits per heavy atom. The molecule has 1 N–H and O–H groups in total. The second-order valence-electron chi connectivity index (χ2n) is 6.10. The molecule has 2 unspecified atom stereocenters. The number of benzene rings is 2. The zero-order chi connectivity index (χ0) is 14.4. The molecule has 1 fully saturated rings. The maximum absolute atomic E-state index is 5.98. The third-order valence-corrected chi connectivity index (χ3v) is 6.11. The molecule has 0 spiro atoms. The van der Waals surface area contributed by atoms with Crippen LogP contribution in [0.15, 0.2) is 42.5 Å². The Morgan fingerprint density at radius 2 is 1.95 bits per heavy atom. The predicted octanol–water partition coefficient (Wildman–Crippen LogP) is 5.33. The van der Waals surface area contributed by atoms with E-state index >= 15 is 0 Å². The van der Waals surface area contributed by atoms with Gasteiger partial charge in [-0.05, 0) is 43.5 Å². The lowest BCUT2D eigenvalue weighted by atomic mass is 9.92. The number of ether oxygens (including phenoxy) is 1. The molecule has 108 valence electrons. The lowest BCUT2D eigenvalue weighted by Crippen LogP contribution is -2.28. The minimum absolute atomic E-state index is 0.0974. The monoisotopic (exact) mass is 343 g/mol. The minimum atomic E-state index is -0.0974. The Kier molecular flexibility index (Phi) is 3.09. The molecule has 0 saturated carbocycles. The van der Waals surface area contributed by atoms with Gasteiger partial charge < -0.3 is 9.72 Å². The maximum atomic E-state index is 5.98.